The SMILES string of the molecule is O=C(NCc1ccc(Cn2cccn2)cc1)[C@@H]1COc2ccccc2C1. The number of hydrogen-bond acceptors (Lipinski definition) is 3. The van der Waals surface area contributed by atoms with Crippen LogP contribution in [0.3, 0.4) is 0 Å². The summed E-state index contributed by atoms with van der Waals surface area (Å²) in [5, 5.41) is 7.24. The molecule has 0 saturated heterocycles. The molecule has 0 aliphatic carbocycles. The van der Waals surface area contributed by atoms with Crippen LogP contribution in [0.1, 0.15) is 16.7 Å². The number of aromatic nitrogens is 2. The first kappa shape index (κ1) is 16.4. The number of benzene rings is 2. The summed E-state index contributed by atoms with van der Waals surface area (Å²) in [5.41, 5.74) is 3.36. The fourth-order valence-corrected chi connectivity index (χ4v) is 3.17. The molecule has 1 N–H and O–H groups in total. The monoisotopic (exact) mass is 347 g/mol. The first-order valence-electron chi connectivity index (χ1n) is 8.81. The maximum absolute atomic E-state index is 12.5. The summed E-state index contributed by atoms with van der Waals surface area (Å²) in [4.78, 5) is 12.5. The smallest absolute Gasteiger partial charge is 0.227 e. The van der Waals surface area contributed by atoms with Crippen LogP contribution < -0.4 is 10.1 Å². The van der Waals surface area contributed by atoms with E-state index in [4.69, 9.17) is 4.74 Å². The van der Waals surface area contributed by atoms with Crippen molar-refractivity contribution in [1.82, 2.24) is 15.1 Å². The van der Waals surface area contributed by atoms with Crippen LogP contribution in [0.4, 0.5) is 0 Å². The van der Waals surface area contributed by atoms with E-state index in [0.717, 1.165) is 29.8 Å². The molecular formula is C21H21N3O2. The maximum atomic E-state index is 12.5. The summed E-state index contributed by atoms with van der Waals surface area (Å²) >= 11 is 0. The van der Waals surface area contributed by atoms with Gasteiger partial charge in [0.15, 0.2) is 0 Å². The summed E-state index contributed by atoms with van der Waals surface area (Å²) in [6, 6.07) is 18.1. The van der Waals surface area contributed by atoms with E-state index in [9.17, 15) is 4.79 Å². The number of hydrogen-bond donors (Lipinski definition) is 1. The van der Waals surface area contributed by atoms with Gasteiger partial charge in [-0.25, -0.2) is 0 Å². The van der Waals surface area contributed by atoms with Gasteiger partial charge in [0.1, 0.15) is 12.4 Å². The molecule has 0 radical (unpaired) electrons. The second-order valence-electron chi connectivity index (χ2n) is 6.56. The first-order chi connectivity index (χ1) is 12.8. The molecular weight excluding hydrogens is 326 g/mol. The van der Waals surface area contributed by atoms with Crippen molar-refractivity contribution in [1.29, 1.82) is 0 Å². The van der Waals surface area contributed by atoms with Crippen molar-refractivity contribution in [2.24, 2.45) is 5.92 Å². The van der Waals surface area contributed by atoms with Gasteiger partial charge in [-0.1, -0.05) is 42.5 Å². The van der Waals surface area contributed by atoms with Crippen LogP contribution in [0.25, 0.3) is 0 Å². The average Bonchev–Trinajstić information content (AvgIpc) is 3.20. The van der Waals surface area contributed by atoms with E-state index in [2.05, 4.69) is 22.5 Å². The lowest BCUT2D eigenvalue weighted by atomic mass is 9.96. The Kier molecular flexibility index (Phi) is 4.69. The third-order valence-electron chi connectivity index (χ3n) is 4.64. The quantitative estimate of drug-likeness (QED) is 0.772. The van der Waals surface area contributed by atoms with Crippen molar-refractivity contribution >= 4 is 5.91 Å². The normalized spacial score (nSPS) is 15.8. The molecule has 1 aliphatic heterocycles. The molecule has 4 rings (SSSR count). The first-order valence-corrected chi connectivity index (χ1v) is 8.81. The molecule has 0 spiro atoms. The minimum atomic E-state index is -0.135. The molecule has 2 aromatic carbocycles. The van der Waals surface area contributed by atoms with Crippen LogP contribution in [0.15, 0.2) is 67.0 Å². The predicted molar refractivity (Wildman–Crippen MR) is 98.7 cm³/mol. The summed E-state index contributed by atoms with van der Waals surface area (Å²) < 4.78 is 7.59. The molecule has 1 atom stereocenters. The highest BCUT2D eigenvalue weighted by molar-refractivity contribution is 5.79. The van der Waals surface area contributed by atoms with Gasteiger partial charge in [0.25, 0.3) is 0 Å². The van der Waals surface area contributed by atoms with Crippen LogP contribution in [0, 0.1) is 5.92 Å². The van der Waals surface area contributed by atoms with Crippen molar-refractivity contribution < 1.29 is 9.53 Å². The van der Waals surface area contributed by atoms with Crippen LogP contribution in [0.5, 0.6) is 5.75 Å². The third-order valence-corrected chi connectivity index (χ3v) is 4.64. The number of para-hydroxylation sites is 1. The van der Waals surface area contributed by atoms with Gasteiger partial charge in [-0.15, -0.1) is 0 Å². The highest BCUT2D eigenvalue weighted by Crippen LogP contribution is 2.26. The molecule has 1 amide bonds. The Morgan fingerprint density at radius 2 is 1.92 bits per heavy atom. The van der Waals surface area contributed by atoms with Gasteiger partial charge in [0, 0.05) is 18.9 Å². The van der Waals surface area contributed by atoms with Crippen molar-refractivity contribution in [2.75, 3.05) is 6.61 Å². The molecule has 5 nitrogen and oxygen atoms in total. The number of fused-ring (bicyclic) bond motifs is 1. The molecule has 3 aromatic rings. The maximum Gasteiger partial charge on any atom is 0.227 e. The Balaban J connectivity index is 1.30. The lowest BCUT2D eigenvalue weighted by molar-refractivity contribution is -0.126. The molecule has 0 fully saturated rings. The largest absolute Gasteiger partial charge is 0.492 e. The van der Waals surface area contributed by atoms with Crippen LogP contribution >= 0.6 is 0 Å². The Morgan fingerprint density at radius 3 is 2.73 bits per heavy atom. The van der Waals surface area contributed by atoms with E-state index >= 15 is 0 Å². The van der Waals surface area contributed by atoms with Crippen LogP contribution in [-0.4, -0.2) is 22.3 Å². The fourth-order valence-electron chi connectivity index (χ4n) is 3.17. The summed E-state index contributed by atoms with van der Waals surface area (Å²) in [5.74, 6) is 0.799. The van der Waals surface area contributed by atoms with E-state index in [0.29, 0.717) is 13.2 Å². The van der Waals surface area contributed by atoms with Crippen LogP contribution in [-0.2, 0) is 24.3 Å². The number of carbonyl (C=O) groups is 1. The minimum absolute atomic E-state index is 0.0418. The Labute approximate surface area is 152 Å². The molecule has 0 bridgehead atoms. The highest BCUT2D eigenvalue weighted by Gasteiger charge is 2.25. The van der Waals surface area contributed by atoms with Gasteiger partial charge in [-0.05, 0) is 35.2 Å². The van der Waals surface area contributed by atoms with Gasteiger partial charge >= 0.3 is 0 Å². The van der Waals surface area contributed by atoms with E-state index in [1.165, 1.54) is 5.56 Å². The van der Waals surface area contributed by atoms with Gasteiger partial charge in [0.05, 0.1) is 12.5 Å². The molecule has 0 saturated carbocycles. The second kappa shape index (κ2) is 7.44. The Morgan fingerprint density at radius 1 is 1.12 bits per heavy atom. The van der Waals surface area contributed by atoms with Gasteiger partial charge in [-0.2, -0.15) is 5.10 Å². The van der Waals surface area contributed by atoms with E-state index in [1.807, 2.05) is 53.3 Å². The highest BCUT2D eigenvalue weighted by atomic mass is 16.5. The van der Waals surface area contributed by atoms with Gasteiger partial charge < -0.3 is 10.1 Å². The van der Waals surface area contributed by atoms with E-state index in [-0.39, 0.29) is 11.8 Å². The fraction of sp³-hybridized carbons (Fsp3) is 0.238. The molecule has 1 aliphatic rings. The predicted octanol–water partition coefficient (Wildman–Crippen LogP) is 2.80. The van der Waals surface area contributed by atoms with Gasteiger partial charge in [-0.3, -0.25) is 9.48 Å². The summed E-state index contributed by atoms with van der Waals surface area (Å²) in [7, 11) is 0. The molecule has 26 heavy (non-hydrogen) atoms. The molecule has 132 valence electrons. The van der Waals surface area contributed by atoms with E-state index in [1.54, 1.807) is 6.20 Å². The number of nitrogens with zero attached hydrogens (tertiary/aromatic N) is 2. The summed E-state index contributed by atoms with van der Waals surface area (Å²) in [6.07, 6.45) is 4.45. The topological polar surface area (TPSA) is 56.2 Å². The zero-order chi connectivity index (χ0) is 17.8. The summed E-state index contributed by atoms with van der Waals surface area (Å²) in [6.45, 7) is 1.71. The van der Waals surface area contributed by atoms with Crippen molar-refractivity contribution in [3.63, 3.8) is 0 Å². The zero-order valence-electron chi connectivity index (χ0n) is 14.5. The lowest BCUT2D eigenvalue weighted by Crippen LogP contribution is -2.37. The number of amides is 1. The Bertz CT molecular complexity index is 873. The molecule has 2 heterocycles. The lowest BCUT2D eigenvalue weighted by Gasteiger charge is -2.24. The Hall–Kier alpha value is -3.08. The molecule has 0 unspecified atom stereocenters. The molecule has 1 aromatic heterocycles. The number of nitrogens with one attached hydrogen (secondary N) is 1. The second-order valence-corrected chi connectivity index (χ2v) is 6.56. The van der Waals surface area contributed by atoms with Crippen molar-refractivity contribution in [3.05, 3.63) is 83.7 Å². The number of rotatable bonds is 5. The van der Waals surface area contributed by atoms with Crippen LogP contribution in [0.2, 0.25) is 0 Å². The van der Waals surface area contributed by atoms with Crippen molar-refractivity contribution in [2.45, 2.75) is 19.5 Å². The zero-order valence-corrected chi connectivity index (χ0v) is 14.5. The molecule has 5 heteroatoms. The minimum Gasteiger partial charge on any atom is -0.492 e. The third kappa shape index (κ3) is 3.77. The van der Waals surface area contributed by atoms with Crippen molar-refractivity contribution in [3.8, 4) is 5.75 Å². The van der Waals surface area contributed by atoms with Gasteiger partial charge in [0.2, 0.25) is 5.91 Å². The standard InChI is InChI=1S/C21H21N3O2/c25-21(19-12-18-4-1-2-5-20(18)26-15-19)22-13-16-6-8-17(9-7-16)14-24-11-3-10-23-24/h1-11,19H,12-15H2,(H,22,25)/t19-/m0/s1. The average molecular weight is 347 g/mol. The van der Waals surface area contributed by atoms with E-state index < -0.39 is 0 Å². The number of ether oxygens (including phenoxy) is 1. The number of carbonyl (C=O) groups excluding carboxylic acids is 1.